The standard InChI is InChI=1S/C19H17NO3/c1-12-14(6-4-8-18(12)21)11-20-17-10-15(19(22)23)9-13-5-2-3-7-16(13)17/h2-10,20-21H,11H2,1H3,(H,22,23). The van der Waals surface area contributed by atoms with Crippen LogP contribution in [0.25, 0.3) is 10.8 Å². The van der Waals surface area contributed by atoms with Crippen LogP contribution in [0.1, 0.15) is 21.5 Å². The van der Waals surface area contributed by atoms with Crippen LogP contribution in [0.2, 0.25) is 0 Å². The first-order valence-electron chi connectivity index (χ1n) is 7.33. The Kier molecular flexibility index (Phi) is 3.89. The first-order chi connectivity index (χ1) is 11.1. The molecule has 0 atom stereocenters. The number of phenolic OH excluding ortho intramolecular Hbond substituents is 1. The molecule has 0 aliphatic heterocycles. The summed E-state index contributed by atoms with van der Waals surface area (Å²) in [4.78, 5) is 11.3. The Labute approximate surface area is 134 Å². The molecule has 4 nitrogen and oxygen atoms in total. The Bertz CT molecular complexity index is 887. The maximum Gasteiger partial charge on any atom is 0.335 e. The summed E-state index contributed by atoms with van der Waals surface area (Å²) >= 11 is 0. The third-order valence-corrected chi connectivity index (χ3v) is 4.00. The van der Waals surface area contributed by atoms with Crippen LogP contribution >= 0.6 is 0 Å². The smallest absolute Gasteiger partial charge is 0.335 e. The van der Waals surface area contributed by atoms with Gasteiger partial charge in [0.15, 0.2) is 0 Å². The van der Waals surface area contributed by atoms with Crippen LogP contribution in [0.4, 0.5) is 5.69 Å². The topological polar surface area (TPSA) is 69.6 Å². The number of carboxylic acid groups (broad SMARTS) is 1. The van der Waals surface area contributed by atoms with E-state index in [9.17, 15) is 15.0 Å². The van der Waals surface area contributed by atoms with Crippen molar-refractivity contribution < 1.29 is 15.0 Å². The second-order valence-electron chi connectivity index (χ2n) is 5.46. The van der Waals surface area contributed by atoms with E-state index in [0.717, 1.165) is 27.6 Å². The van der Waals surface area contributed by atoms with Crippen LogP contribution in [-0.4, -0.2) is 16.2 Å². The number of anilines is 1. The molecular formula is C19H17NO3. The zero-order valence-electron chi connectivity index (χ0n) is 12.7. The Hall–Kier alpha value is -3.01. The quantitative estimate of drug-likeness (QED) is 0.677. The lowest BCUT2D eigenvalue weighted by molar-refractivity contribution is 0.0697. The van der Waals surface area contributed by atoms with Crippen LogP contribution in [0.5, 0.6) is 5.75 Å². The molecular weight excluding hydrogens is 290 g/mol. The number of benzene rings is 3. The van der Waals surface area contributed by atoms with Crippen LogP contribution in [0.3, 0.4) is 0 Å². The number of hydrogen-bond acceptors (Lipinski definition) is 3. The highest BCUT2D eigenvalue weighted by Crippen LogP contribution is 2.27. The highest BCUT2D eigenvalue weighted by Gasteiger charge is 2.09. The van der Waals surface area contributed by atoms with Gasteiger partial charge in [-0.3, -0.25) is 0 Å². The summed E-state index contributed by atoms with van der Waals surface area (Å²) in [6.07, 6.45) is 0. The highest BCUT2D eigenvalue weighted by atomic mass is 16.4. The van der Waals surface area contributed by atoms with Gasteiger partial charge in [-0.2, -0.15) is 0 Å². The number of rotatable bonds is 4. The molecule has 0 spiro atoms. The number of nitrogens with one attached hydrogen (secondary N) is 1. The lowest BCUT2D eigenvalue weighted by atomic mass is 10.0. The number of hydrogen-bond donors (Lipinski definition) is 3. The molecule has 0 fully saturated rings. The molecule has 3 rings (SSSR count). The van der Waals surface area contributed by atoms with Crippen molar-refractivity contribution in [2.75, 3.05) is 5.32 Å². The number of aromatic hydroxyl groups is 1. The van der Waals surface area contributed by atoms with Crippen LogP contribution in [0.15, 0.2) is 54.6 Å². The largest absolute Gasteiger partial charge is 0.508 e. The van der Waals surface area contributed by atoms with Crippen molar-refractivity contribution in [3.63, 3.8) is 0 Å². The number of phenols is 1. The molecule has 0 saturated heterocycles. The molecule has 0 saturated carbocycles. The molecule has 3 N–H and O–H groups in total. The van der Waals surface area contributed by atoms with E-state index in [1.807, 2.05) is 37.3 Å². The number of fused-ring (bicyclic) bond motifs is 1. The van der Waals surface area contributed by atoms with Crippen molar-refractivity contribution in [2.45, 2.75) is 13.5 Å². The van der Waals surface area contributed by atoms with Gasteiger partial charge in [0.2, 0.25) is 0 Å². The normalized spacial score (nSPS) is 10.7. The molecule has 116 valence electrons. The molecule has 3 aromatic carbocycles. The second-order valence-corrected chi connectivity index (χ2v) is 5.46. The fourth-order valence-electron chi connectivity index (χ4n) is 2.63. The molecule has 0 aliphatic rings. The Morgan fingerprint density at radius 1 is 1.09 bits per heavy atom. The molecule has 0 radical (unpaired) electrons. The van der Waals surface area contributed by atoms with Gasteiger partial charge in [-0.1, -0.05) is 36.4 Å². The van der Waals surface area contributed by atoms with Gasteiger partial charge >= 0.3 is 5.97 Å². The predicted molar refractivity (Wildman–Crippen MR) is 91.1 cm³/mol. The lowest BCUT2D eigenvalue weighted by Gasteiger charge is -2.13. The van der Waals surface area contributed by atoms with Gasteiger partial charge in [0.25, 0.3) is 0 Å². The third kappa shape index (κ3) is 2.97. The fraction of sp³-hybridized carbons (Fsp3) is 0.105. The molecule has 0 aromatic heterocycles. The number of carboxylic acids is 1. The van der Waals surface area contributed by atoms with Crippen molar-refractivity contribution in [3.05, 3.63) is 71.3 Å². The van der Waals surface area contributed by atoms with E-state index in [2.05, 4.69) is 5.32 Å². The lowest BCUT2D eigenvalue weighted by Crippen LogP contribution is -2.04. The summed E-state index contributed by atoms with van der Waals surface area (Å²) in [5, 5.41) is 24.2. The summed E-state index contributed by atoms with van der Waals surface area (Å²) in [5.41, 5.74) is 2.80. The maximum atomic E-state index is 11.3. The van der Waals surface area contributed by atoms with Crippen LogP contribution < -0.4 is 5.32 Å². The van der Waals surface area contributed by atoms with Crippen molar-refractivity contribution in [2.24, 2.45) is 0 Å². The zero-order valence-corrected chi connectivity index (χ0v) is 12.7. The molecule has 3 aromatic rings. The molecule has 0 bridgehead atoms. The summed E-state index contributed by atoms with van der Waals surface area (Å²) in [6, 6.07) is 16.4. The van der Waals surface area contributed by atoms with Gasteiger partial charge in [0.05, 0.1) is 5.56 Å². The SMILES string of the molecule is Cc1c(O)cccc1CNc1cc(C(=O)O)cc2ccccc12. The van der Waals surface area contributed by atoms with Crippen molar-refractivity contribution in [1.29, 1.82) is 0 Å². The molecule has 0 heterocycles. The first kappa shape index (κ1) is 14.9. The fourth-order valence-corrected chi connectivity index (χ4v) is 2.63. The van der Waals surface area contributed by atoms with E-state index >= 15 is 0 Å². The minimum absolute atomic E-state index is 0.249. The van der Waals surface area contributed by atoms with E-state index < -0.39 is 5.97 Å². The Balaban J connectivity index is 1.98. The van der Waals surface area contributed by atoms with Crippen molar-refractivity contribution >= 4 is 22.4 Å². The highest BCUT2D eigenvalue weighted by molar-refractivity contribution is 6.01. The van der Waals surface area contributed by atoms with E-state index in [0.29, 0.717) is 6.54 Å². The number of aromatic carboxylic acids is 1. The maximum absolute atomic E-state index is 11.3. The monoisotopic (exact) mass is 307 g/mol. The van der Waals surface area contributed by atoms with Gasteiger partial charge < -0.3 is 15.5 Å². The molecule has 0 unspecified atom stereocenters. The first-order valence-corrected chi connectivity index (χ1v) is 7.33. The summed E-state index contributed by atoms with van der Waals surface area (Å²) in [7, 11) is 0. The van der Waals surface area contributed by atoms with Crippen LogP contribution in [-0.2, 0) is 6.54 Å². The Morgan fingerprint density at radius 3 is 2.65 bits per heavy atom. The van der Waals surface area contributed by atoms with E-state index in [1.54, 1.807) is 24.3 Å². The zero-order chi connectivity index (χ0) is 16.4. The van der Waals surface area contributed by atoms with Gasteiger partial charge in [-0.15, -0.1) is 0 Å². The molecule has 0 aliphatic carbocycles. The van der Waals surface area contributed by atoms with Gasteiger partial charge in [-0.25, -0.2) is 4.79 Å². The summed E-state index contributed by atoms with van der Waals surface area (Å²) in [5.74, 6) is -0.694. The van der Waals surface area contributed by atoms with E-state index in [4.69, 9.17) is 0 Å². The predicted octanol–water partition coefficient (Wildman–Crippen LogP) is 4.16. The average molecular weight is 307 g/mol. The third-order valence-electron chi connectivity index (χ3n) is 4.00. The van der Waals surface area contributed by atoms with Gasteiger partial charge in [-0.05, 0) is 41.6 Å². The minimum atomic E-state index is -0.952. The minimum Gasteiger partial charge on any atom is -0.508 e. The van der Waals surface area contributed by atoms with Gasteiger partial charge in [0.1, 0.15) is 5.75 Å². The Morgan fingerprint density at radius 2 is 1.87 bits per heavy atom. The number of carbonyl (C=O) groups is 1. The van der Waals surface area contributed by atoms with Crippen molar-refractivity contribution in [3.8, 4) is 5.75 Å². The summed E-state index contributed by atoms with van der Waals surface area (Å²) < 4.78 is 0. The van der Waals surface area contributed by atoms with E-state index in [1.165, 1.54) is 0 Å². The average Bonchev–Trinajstić information content (AvgIpc) is 2.55. The van der Waals surface area contributed by atoms with Gasteiger partial charge in [0, 0.05) is 17.6 Å². The van der Waals surface area contributed by atoms with Crippen LogP contribution in [0, 0.1) is 6.92 Å². The molecule has 23 heavy (non-hydrogen) atoms. The molecule has 0 amide bonds. The van der Waals surface area contributed by atoms with E-state index in [-0.39, 0.29) is 11.3 Å². The molecule has 4 heteroatoms. The summed E-state index contributed by atoms with van der Waals surface area (Å²) in [6.45, 7) is 2.37. The van der Waals surface area contributed by atoms with Crippen molar-refractivity contribution in [1.82, 2.24) is 0 Å². The second kappa shape index (κ2) is 6.01.